The molecule has 0 saturated heterocycles. The molecule has 2 aromatic heterocycles. The Morgan fingerprint density at radius 1 is 1.45 bits per heavy atom. The van der Waals surface area contributed by atoms with Crippen LogP contribution in [0.4, 0.5) is 0 Å². The van der Waals surface area contributed by atoms with Gasteiger partial charge in [0.15, 0.2) is 0 Å². The van der Waals surface area contributed by atoms with Crippen molar-refractivity contribution >= 4 is 34.9 Å². The molecule has 0 amide bonds. The zero-order valence-corrected chi connectivity index (χ0v) is 13.2. The van der Waals surface area contributed by atoms with E-state index >= 15 is 0 Å². The summed E-state index contributed by atoms with van der Waals surface area (Å²) in [5.74, 6) is 0.604. The van der Waals surface area contributed by atoms with Crippen LogP contribution in [-0.4, -0.2) is 23.7 Å². The molecule has 0 aromatic carbocycles. The molecule has 0 spiro atoms. The van der Waals surface area contributed by atoms with Crippen LogP contribution in [0.5, 0.6) is 0 Å². The second-order valence-electron chi connectivity index (χ2n) is 5.25. The molecule has 2 aromatic rings. The molecule has 0 aliphatic heterocycles. The third kappa shape index (κ3) is 2.76. The zero-order valence-electron chi connectivity index (χ0n) is 11.6. The van der Waals surface area contributed by atoms with E-state index in [1.807, 2.05) is 6.07 Å². The number of nitrogens with zero attached hydrogens (tertiary/aromatic N) is 2. The Balaban J connectivity index is 0.00000147. The molecule has 20 heavy (non-hydrogen) atoms. The Morgan fingerprint density at radius 3 is 3.00 bits per heavy atom. The standard InChI is InChI=1S/C15H17ClN2O.ClH/c1-9-11-5-10(8-19-2)3-4-13(11)18-14-7-17-15(16)6-12(9)14;/h6-7,10H,3-5,8H2,1-2H3;1H. The Labute approximate surface area is 130 Å². The second kappa shape index (κ2) is 6.25. The van der Waals surface area contributed by atoms with Crippen molar-refractivity contribution in [1.29, 1.82) is 0 Å². The van der Waals surface area contributed by atoms with Crippen LogP contribution in [0, 0.1) is 12.8 Å². The number of rotatable bonds is 2. The fraction of sp³-hybridized carbons (Fsp3) is 0.467. The van der Waals surface area contributed by atoms with E-state index in [2.05, 4.69) is 11.9 Å². The lowest BCUT2D eigenvalue weighted by Crippen LogP contribution is -2.20. The van der Waals surface area contributed by atoms with Crippen LogP contribution in [-0.2, 0) is 17.6 Å². The van der Waals surface area contributed by atoms with Crippen LogP contribution in [0.2, 0.25) is 5.15 Å². The molecule has 1 atom stereocenters. The number of ether oxygens (including phenoxy) is 1. The fourth-order valence-electron chi connectivity index (χ4n) is 2.99. The average molecular weight is 313 g/mol. The smallest absolute Gasteiger partial charge is 0.129 e. The van der Waals surface area contributed by atoms with Crippen LogP contribution in [0.15, 0.2) is 12.3 Å². The van der Waals surface area contributed by atoms with Crippen molar-refractivity contribution in [3.05, 3.63) is 34.2 Å². The van der Waals surface area contributed by atoms with Crippen LogP contribution < -0.4 is 0 Å². The SMILES string of the molecule is COCC1CCc2nc3cnc(Cl)cc3c(C)c2C1.Cl. The van der Waals surface area contributed by atoms with Crippen molar-refractivity contribution in [3.63, 3.8) is 0 Å². The zero-order chi connectivity index (χ0) is 13.4. The van der Waals surface area contributed by atoms with E-state index in [9.17, 15) is 0 Å². The lowest BCUT2D eigenvalue weighted by molar-refractivity contribution is 0.144. The Kier molecular flexibility index (Phi) is 4.84. The highest BCUT2D eigenvalue weighted by Crippen LogP contribution is 2.31. The lowest BCUT2D eigenvalue weighted by Gasteiger charge is -2.25. The number of methoxy groups -OCH3 is 1. The molecule has 0 saturated carbocycles. The normalized spacial score (nSPS) is 17.6. The summed E-state index contributed by atoms with van der Waals surface area (Å²) < 4.78 is 5.29. The van der Waals surface area contributed by atoms with Gasteiger partial charge in [0.1, 0.15) is 5.15 Å². The summed E-state index contributed by atoms with van der Waals surface area (Å²) in [4.78, 5) is 8.87. The number of aryl methyl sites for hydroxylation is 2. The molecule has 5 heteroatoms. The van der Waals surface area contributed by atoms with Gasteiger partial charge in [-0.3, -0.25) is 4.98 Å². The molecule has 0 bridgehead atoms. The van der Waals surface area contributed by atoms with E-state index in [4.69, 9.17) is 21.3 Å². The summed E-state index contributed by atoms with van der Waals surface area (Å²) >= 11 is 5.99. The van der Waals surface area contributed by atoms with Crippen molar-refractivity contribution in [2.24, 2.45) is 5.92 Å². The monoisotopic (exact) mass is 312 g/mol. The summed E-state index contributed by atoms with van der Waals surface area (Å²) in [6.07, 6.45) is 5.01. The molecule has 0 fully saturated rings. The minimum atomic E-state index is 0. The van der Waals surface area contributed by atoms with Crippen LogP contribution in [0.3, 0.4) is 0 Å². The van der Waals surface area contributed by atoms with Gasteiger partial charge < -0.3 is 4.74 Å². The molecule has 3 rings (SSSR count). The van der Waals surface area contributed by atoms with Gasteiger partial charge in [-0.15, -0.1) is 12.4 Å². The molecule has 3 nitrogen and oxygen atoms in total. The Hall–Kier alpha value is -0.900. The molecule has 2 heterocycles. The highest BCUT2D eigenvalue weighted by Gasteiger charge is 2.22. The molecule has 1 aliphatic carbocycles. The molecule has 0 radical (unpaired) electrons. The van der Waals surface area contributed by atoms with Crippen LogP contribution in [0.1, 0.15) is 23.2 Å². The molecule has 108 valence electrons. The number of pyridine rings is 2. The first-order valence-corrected chi connectivity index (χ1v) is 6.99. The lowest BCUT2D eigenvalue weighted by atomic mass is 9.84. The van der Waals surface area contributed by atoms with Gasteiger partial charge >= 0.3 is 0 Å². The van der Waals surface area contributed by atoms with E-state index < -0.39 is 0 Å². The first-order valence-electron chi connectivity index (χ1n) is 6.61. The van der Waals surface area contributed by atoms with Crippen molar-refractivity contribution in [1.82, 2.24) is 9.97 Å². The van der Waals surface area contributed by atoms with E-state index in [1.165, 1.54) is 16.8 Å². The fourth-order valence-corrected chi connectivity index (χ4v) is 3.15. The number of fused-ring (bicyclic) bond motifs is 2. The summed E-state index contributed by atoms with van der Waals surface area (Å²) in [6.45, 7) is 2.99. The first-order chi connectivity index (χ1) is 9.19. The molecule has 1 aliphatic rings. The molecular weight excluding hydrogens is 295 g/mol. The van der Waals surface area contributed by atoms with Gasteiger partial charge in [-0.1, -0.05) is 11.6 Å². The van der Waals surface area contributed by atoms with E-state index in [0.717, 1.165) is 36.8 Å². The van der Waals surface area contributed by atoms with Crippen molar-refractivity contribution in [3.8, 4) is 0 Å². The largest absolute Gasteiger partial charge is 0.384 e. The quantitative estimate of drug-likeness (QED) is 0.792. The predicted octanol–water partition coefficient (Wildman–Crippen LogP) is 3.76. The molecule has 0 N–H and O–H groups in total. The van der Waals surface area contributed by atoms with Gasteiger partial charge in [-0.05, 0) is 49.3 Å². The van der Waals surface area contributed by atoms with E-state index in [0.29, 0.717) is 11.1 Å². The number of hydrogen-bond acceptors (Lipinski definition) is 3. The third-order valence-electron chi connectivity index (χ3n) is 3.99. The average Bonchev–Trinajstić information content (AvgIpc) is 2.41. The van der Waals surface area contributed by atoms with Crippen molar-refractivity contribution in [2.75, 3.05) is 13.7 Å². The van der Waals surface area contributed by atoms with Crippen LogP contribution in [0.25, 0.3) is 10.9 Å². The maximum atomic E-state index is 5.99. The summed E-state index contributed by atoms with van der Waals surface area (Å²) in [6, 6.07) is 1.92. The van der Waals surface area contributed by atoms with Crippen LogP contribution >= 0.6 is 24.0 Å². The van der Waals surface area contributed by atoms with Gasteiger partial charge in [-0.25, -0.2) is 4.98 Å². The maximum Gasteiger partial charge on any atom is 0.129 e. The summed E-state index contributed by atoms with van der Waals surface area (Å²) in [5.41, 5.74) is 4.85. The predicted molar refractivity (Wildman–Crippen MR) is 83.9 cm³/mol. The molecular formula is C15H18Cl2N2O. The van der Waals surface area contributed by atoms with Gasteiger partial charge in [0.25, 0.3) is 0 Å². The minimum Gasteiger partial charge on any atom is -0.384 e. The summed E-state index contributed by atoms with van der Waals surface area (Å²) in [5, 5.41) is 1.65. The van der Waals surface area contributed by atoms with Crippen molar-refractivity contribution < 1.29 is 4.74 Å². The highest BCUT2D eigenvalue weighted by molar-refractivity contribution is 6.30. The maximum absolute atomic E-state index is 5.99. The Morgan fingerprint density at radius 2 is 2.25 bits per heavy atom. The van der Waals surface area contributed by atoms with E-state index in [-0.39, 0.29) is 12.4 Å². The van der Waals surface area contributed by atoms with Gasteiger partial charge in [0, 0.05) is 24.8 Å². The van der Waals surface area contributed by atoms with Crippen molar-refractivity contribution in [2.45, 2.75) is 26.2 Å². The number of hydrogen-bond donors (Lipinski definition) is 0. The highest BCUT2D eigenvalue weighted by atomic mass is 35.5. The van der Waals surface area contributed by atoms with E-state index in [1.54, 1.807) is 13.3 Å². The minimum absolute atomic E-state index is 0. The second-order valence-corrected chi connectivity index (χ2v) is 5.64. The molecule has 1 unspecified atom stereocenters. The van der Waals surface area contributed by atoms with Gasteiger partial charge in [0.2, 0.25) is 0 Å². The Bertz CT molecular complexity index is 631. The topological polar surface area (TPSA) is 35.0 Å². The van der Waals surface area contributed by atoms with Gasteiger partial charge in [0.05, 0.1) is 11.7 Å². The van der Waals surface area contributed by atoms with Gasteiger partial charge in [-0.2, -0.15) is 0 Å². The number of halogens is 2. The third-order valence-corrected chi connectivity index (χ3v) is 4.20. The first kappa shape index (κ1) is 15.5. The number of aromatic nitrogens is 2. The summed E-state index contributed by atoms with van der Waals surface area (Å²) in [7, 11) is 1.77.